The second kappa shape index (κ2) is 8.03. The van der Waals surface area contributed by atoms with E-state index in [1.165, 1.54) is 4.88 Å². The van der Waals surface area contributed by atoms with Gasteiger partial charge in [-0.25, -0.2) is 0 Å². The third-order valence-electron chi connectivity index (χ3n) is 4.06. The fourth-order valence-corrected chi connectivity index (χ4v) is 3.35. The highest BCUT2D eigenvalue weighted by Gasteiger charge is 2.17. The van der Waals surface area contributed by atoms with Crippen LogP contribution in [0.3, 0.4) is 0 Å². The van der Waals surface area contributed by atoms with Crippen LogP contribution in [-0.4, -0.2) is 31.4 Å². The van der Waals surface area contributed by atoms with Crippen molar-refractivity contribution >= 4 is 22.9 Å². The number of thiophene rings is 1. The summed E-state index contributed by atoms with van der Waals surface area (Å²) in [6, 6.07) is 13.8. The predicted molar refractivity (Wildman–Crippen MR) is 102 cm³/mol. The average molecular weight is 354 g/mol. The summed E-state index contributed by atoms with van der Waals surface area (Å²) in [6.07, 6.45) is 4.19. The van der Waals surface area contributed by atoms with E-state index in [1.54, 1.807) is 23.9 Å². The molecule has 4 nitrogen and oxygen atoms in total. The van der Waals surface area contributed by atoms with Gasteiger partial charge in [0.05, 0.1) is 12.5 Å². The monoisotopic (exact) mass is 354 g/mol. The van der Waals surface area contributed by atoms with Crippen LogP contribution in [0.1, 0.15) is 20.8 Å². The van der Waals surface area contributed by atoms with E-state index in [1.807, 2.05) is 60.3 Å². The number of carbonyl (C=O) groups is 1. The van der Waals surface area contributed by atoms with Crippen molar-refractivity contribution in [3.05, 3.63) is 76.4 Å². The van der Waals surface area contributed by atoms with Gasteiger partial charge in [0.2, 0.25) is 0 Å². The first-order chi connectivity index (χ1) is 12.1. The maximum atomic E-state index is 13.1. The highest BCUT2D eigenvalue weighted by Crippen LogP contribution is 2.18. The minimum absolute atomic E-state index is 0.0430. The molecule has 3 aromatic rings. The van der Waals surface area contributed by atoms with E-state index in [2.05, 4.69) is 11.4 Å². The minimum Gasteiger partial charge on any atom is -0.472 e. The number of anilines is 1. The van der Waals surface area contributed by atoms with Crippen LogP contribution in [0.4, 0.5) is 5.69 Å². The molecular weight excluding hydrogens is 332 g/mol. The van der Waals surface area contributed by atoms with Crippen molar-refractivity contribution in [2.75, 3.05) is 25.5 Å². The lowest BCUT2D eigenvalue weighted by Gasteiger charge is -2.23. The van der Waals surface area contributed by atoms with E-state index in [4.69, 9.17) is 4.42 Å². The van der Waals surface area contributed by atoms with Gasteiger partial charge in [0, 0.05) is 48.9 Å². The molecule has 5 heteroatoms. The molecule has 0 aliphatic rings. The van der Waals surface area contributed by atoms with E-state index in [0.717, 1.165) is 17.7 Å². The Bertz CT molecular complexity index is 795. The average Bonchev–Trinajstić information content (AvgIpc) is 3.31. The molecule has 130 valence electrons. The van der Waals surface area contributed by atoms with Gasteiger partial charge in [-0.3, -0.25) is 4.79 Å². The fraction of sp³-hybridized carbons (Fsp3) is 0.250. The molecule has 3 rings (SSSR count). The zero-order valence-corrected chi connectivity index (χ0v) is 15.3. The number of rotatable bonds is 7. The second-order valence-electron chi connectivity index (χ2n) is 6.13. The second-order valence-corrected chi connectivity index (χ2v) is 7.16. The van der Waals surface area contributed by atoms with Crippen LogP contribution in [-0.2, 0) is 13.0 Å². The Hall–Kier alpha value is -2.53. The first-order valence-corrected chi connectivity index (χ1v) is 9.11. The van der Waals surface area contributed by atoms with Gasteiger partial charge < -0.3 is 14.2 Å². The van der Waals surface area contributed by atoms with Crippen molar-refractivity contribution in [3.63, 3.8) is 0 Å². The smallest absolute Gasteiger partial charge is 0.254 e. The van der Waals surface area contributed by atoms with Crippen molar-refractivity contribution in [3.8, 4) is 0 Å². The summed E-state index contributed by atoms with van der Waals surface area (Å²) in [4.78, 5) is 18.3. The van der Waals surface area contributed by atoms with Gasteiger partial charge in [0.1, 0.15) is 0 Å². The van der Waals surface area contributed by atoms with Crippen molar-refractivity contribution in [2.24, 2.45) is 0 Å². The molecule has 0 bridgehead atoms. The zero-order valence-electron chi connectivity index (χ0n) is 14.5. The SMILES string of the molecule is CN(C)c1cccc(C(=O)N(CCc2cccs2)Cc2ccoc2)c1. The number of hydrogen-bond donors (Lipinski definition) is 0. The van der Waals surface area contributed by atoms with E-state index in [9.17, 15) is 4.79 Å². The van der Waals surface area contributed by atoms with Gasteiger partial charge >= 0.3 is 0 Å². The highest BCUT2D eigenvalue weighted by molar-refractivity contribution is 7.09. The largest absolute Gasteiger partial charge is 0.472 e. The number of furan rings is 1. The molecule has 25 heavy (non-hydrogen) atoms. The number of hydrogen-bond acceptors (Lipinski definition) is 4. The first-order valence-electron chi connectivity index (χ1n) is 8.23. The minimum atomic E-state index is 0.0430. The molecule has 0 atom stereocenters. The van der Waals surface area contributed by atoms with Gasteiger partial charge in [-0.05, 0) is 42.1 Å². The quantitative estimate of drug-likeness (QED) is 0.635. The Kier molecular flexibility index (Phi) is 5.56. The summed E-state index contributed by atoms with van der Waals surface area (Å²) in [7, 11) is 3.95. The van der Waals surface area contributed by atoms with Crippen LogP contribution >= 0.6 is 11.3 Å². The summed E-state index contributed by atoms with van der Waals surface area (Å²) in [5, 5.41) is 2.07. The van der Waals surface area contributed by atoms with Crippen LogP contribution in [0, 0.1) is 0 Å². The van der Waals surface area contributed by atoms with Gasteiger partial charge in [0.15, 0.2) is 0 Å². The number of carbonyl (C=O) groups excluding carboxylic acids is 1. The third kappa shape index (κ3) is 4.51. The Labute approximate surface area is 152 Å². The highest BCUT2D eigenvalue weighted by atomic mass is 32.1. The Morgan fingerprint density at radius 2 is 2.04 bits per heavy atom. The Balaban J connectivity index is 1.79. The van der Waals surface area contributed by atoms with E-state index >= 15 is 0 Å². The topological polar surface area (TPSA) is 36.7 Å². The molecular formula is C20H22N2O2S. The lowest BCUT2D eigenvalue weighted by molar-refractivity contribution is 0.0745. The summed E-state index contributed by atoms with van der Waals surface area (Å²) in [6.45, 7) is 1.23. The molecule has 1 amide bonds. The molecule has 1 aromatic carbocycles. The maximum Gasteiger partial charge on any atom is 0.254 e. The number of amides is 1. The molecule has 0 spiro atoms. The molecule has 0 fully saturated rings. The predicted octanol–water partition coefficient (Wildman–Crippen LogP) is 4.29. The van der Waals surface area contributed by atoms with Crippen LogP contribution in [0.5, 0.6) is 0 Å². The van der Waals surface area contributed by atoms with Crippen molar-refractivity contribution in [1.82, 2.24) is 4.90 Å². The third-order valence-corrected chi connectivity index (χ3v) is 4.99. The molecule has 0 aliphatic heterocycles. The summed E-state index contributed by atoms with van der Waals surface area (Å²) >= 11 is 1.72. The van der Waals surface area contributed by atoms with E-state index < -0.39 is 0 Å². The van der Waals surface area contributed by atoms with Crippen LogP contribution in [0.15, 0.2) is 64.8 Å². The lowest BCUT2D eigenvalue weighted by Crippen LogP contribution is -2.32. The molecule has 0 N–H and O–H groups in total. The summed E-state index contributed by atoms with van der Waals surface area (Å²) < 4.78 is 5.16. The van der Waals surface area contributed by atoms with Crippen LogP contribution in [0.25, 0.3) is 0 Å². The summed E-state index contributed by atoms with van der Waals surface area (Å²) in [5.74, 6) is 0.0430. The maximum absolute atomic E-state index is 13.1. The standard InChI is InChI=1S/C20H22N2O2S/c1-21(2)18-6-3-5-17(13-18)20(23)22(14-16-9-11-24-15-16)10-8-19-7-4-12-25-19/h3-7,9,11-13,15H,8,10,14H2,1-2H3. The van der Waals surface area contributed by atoms with Gasteiger partial charge in [-0.1, -0.05) is 12.1 Å². The van der Waals surface area contributed by atoms with Crippen LogP contribution in [0.2, 0.25) is 0 Å². The van der Waals surface area contributed by atoms with E-state index in [0.29, 0.717) is 18.7 Å². The Morgan fingerprint density at radius 1 is 1.16 bits per heavy atom. The molecule has 0 unspecified atom stereocenters. The molecule has 2 aromatic heterocycles. The molecule has 0 aliphatic carbocycles. The molecule has 2 heterocycles. The van der Waals surface area contributed by atoms with Gasteiger partial charge in [-0.2, -0.15) is 0 Å². The van der Waals surface area contributed by atoms with Crippen molar-refractivity contribution in [1.29, 1.82) is 0 Å². The van der Waals surface area contributed by atoms with E-state index in [-0.39, 0.29) is 5.91 Å². The summed E-state index contributed by atoms with van der Waals surface area (Å²) in [5.41, 5.74) is 2.73. The zero-order chi connectivity index (χ0) is 17.6. The van der Waals surface area contributed by atoms with Gasteiger partial charge in [-0.15, -0.1) is 11.3 Å². The molecule has 0 saturated heterocycles. The first kappa shape index (κ1) is 17.3. The molecule has 0 saturated carbocycles. The van der Waals surface area contributed by atoms with Crippen molar-refractivity contribution in [2.45, 2.75) is 13.0 Å². The lowest BCUT2D eigenvalue weighted by atomic mass is 10.1. The molecule has 0 radical (unpaired) electrons. The fourth-order valence-electron chi connectivity index (χ4n) is 2.66. The van der Waals surface area contributed by atoms with Crippen molar-refractivity contribution < 1.29 is 9.21 Å². The van der Waals surface area contributed by atoms with Crippen LogP contribution < -0.4 is 4.90 Å². The van der Waals surface area contributed by atoms with Gasteiger partial charge in [0.25, 0.3) is 5.91 Å². The number of nitrogens with zero attached hydrogens (tertiary/aromatic N) is 2. The number of benzene rings is 1. The Morgan fingerprint density at radius 3 is 2.72 bits per heavy atom. The normalized spacial score (nSPS) is 10.6.